The lowest BCUT2D eigenvalue weighted by atomic mass is 10.1. The van der Waals surface area contributed by atoms with Gasteiger partial charge in [-0.25, -0.2) is 0 Å². The molecule has 0 bridgehead atoms. The molecule has 3 nitrogen and oxygen atoms in total. The van der Waals surface area contributed by atoms with E-state index in [0.717, 1.165) is 0 Å². The maximum atomic E-state index is 14.7. The molecule has 0 N–H and O–H groups in total. The zero-order valence-electron chi connectivity index (χ0n) is 16.2. The molecule has 0 unspecified atom stereocenters. The first-order valence-electron chi connectivity index (χ1n) is 9.33. The fraction of sp³-hybridized carbons (Fsp3) is 0. The Morgan fingerprint density at radius 3 is 1.47 bits per heavy atom. The second-order valence-corrected chi connectivity index (χ2v) is 11.1. The van der Waals surface area contributed by atoms with Gasteiger partial charge in [0.15, 0.2) is 0 Å². The van der Waals surface area contributed by atoms with Gasteiger partial charge in [0.2, 0.25) is 18.2 Å². The van der Waals surface area contributed by atoms with Crippen LogP contribution in [0.3, 0.4) is 0 Å². The van der Waals surface area contributed by atoms with Crippen LogP contribution in [0.15, 0.2) is 78.9 Å². The molecule has 0 aromatic heterocycles. The predicted octanol–water partition coefficient (Wildman–Crippen LogP) is 8.12. The van der Waals surface area contributed by atoms with Crippen LogP contribution in [0.2, 0.25) is 20.1 Å². The fourth-order valence-corrected chi connectivity index (χ4v) is 7.49. The summed E-state index contributed by atoms with van der Waals surface area (Å²) in [6, 6.07) is 20.8. The number of rotatable bonds is 5. The molecule has 0 saturated carbocycles. The molecule has 0 atom stereocenters. The lowest BCUT2D eigenvalue weighted by Crippen LogP contribution is -2.22. The molecule has 0 saturated heterocycles. The minimum absolute atomic E-state index is 0.0129. The molecule has 0 amide bonds. The SMILES string of the molecule is O=C(c1c(Cl)cccc1Cl)P(=O)(C(=O)c1c(Cl)cccc1Cl)c1cccc2ccccc12. The second-order valence-electron chi connectivity index (χ2n) is 6.91. The van der Waals surface area contributed by atoms with Crippen molar-refractivity contribution in [3.05, 3.63) is 110 Å². The number of benzene rings is 4. The highest BCUT2D eigenvalue weighted by atomic mass is 35.5. The van der Waals surface area contributed by atoms with Crippen LogP contribution in [0.1, 0.15) is 20.7 Å². The summed E-state index contributed by atoms with van der Waals surface area (Å²) in [5, 5.41) is 1.22. The molecule has 0 aliphatic carbocycles. The molecule has 0 aliphatic rings. The Morgan fingerprint density at radius 2 is 0.969 bits per heavy atom. The van der Waals surface area contributed by atoms with E-state index in [4.69, 9.17) is 46.4 Å². The Bertz CT molecular complexity index is 1340. The van der Waals surface area contributed by atoms with E-state index < -0.39 is 18.2 Å². The summed E-state index contributed by atoms with van der Waals surface area (Å²) in [4.78, 5) is 27.7. The smallest absolute Gasteiger partial charge is 0.249 e. The van der Waals surface area contributed by atoms with Gasteiger partial charge in [0.1, 0.15) is 0 Å². The zero-order valence-corrected chi connectivity index (χ0v) is 20.1. The van der Waals surface area contributed by atoms with Crippen molar-refractivity contribution in [3.63, 3.8) is 0 Å². The highest BCUT2D eigenvalue weighted by molar-refractivity contribution is 8.01. The Morgan fingerprint density at radius 1 is 0.562 bits per heavy atom. The molecule has 0 spiro atoms. The lowest BCUT2D eigenvalue weighted by molar-refractivity contribution is 0.104. The zero-order chi connectivity index (χ0) is 23.0. The van der Waals surface area contributed by atoms with E-state index in [9.17, 15) is 14.2 Å². The van der Waals surface area contributed by atoms with Gasteiger partial charge in [0, 0.05) is 5.30 Å². The van der Waals surface area contributed by atoms with Crippen LogP contribution in [0.25, 0.3) is 10.8 Å². The molecule has 8 heteroatoms. The summed E-state index contributed by atoms with van der Waals surface area (Å²) >= 11 is 25.0. The predicted molar refractivity (Wildman–Crippen MR) is 133 cm³/mol. The van der Waals surface area contributed by atoms with E-state index in [1.807, 2.05) is 0 Å². The largest absolute Gasteiger partial charge is 0.302 e. The molecule has 4 rings (SSSR count). The minimum Gasteiger partial charge on any atom is -0.302 e. The number of carbonyl (C=O) groups excluding carboxylic acids is 2. The highest BCUT2D eigenvalue weighted by Crippen LogP contribution is 2.55. The van der Waals surface area contributed by atoms with Gasteiger partial charge in [0.25, 0.3) is 0 Å². The van der Waals surface area contributed by atoms with Crippen molar-refractivity contribution in [3.8, 4) is 0 Å². The maximum Gasteiger partial charge on any atom is 0.249 e. The Hall–Kier alpha value is -2.13. The summed E-state index contributed by atoms with van der Waals surface area (Å²) in [6.45, 7) is 0. The molecule has 0 radical (unpaired) electrons. The number of fused-ring (bicyclic) bond motifs is 1. The first kappa shape index (κ1) is 23.0. The summed E-state index contributed by atoms with van der Waals surface area (Å²) in [6.07, 6.45) is 0. The van der Waals surface area contributed by atoms with Gasteiger partial charge in [-0.15, -0.1) is 0 Å². The van der Waals surface area contributed by atoms with Crippen molar-refractivity contribution >= 4 is 80.7 Å². The van der Waals surface area contributed by atoms with E-state index in [1.165, 1.54) is 30.3 Å². The molecule has 0 heterocycles. The third-order valence-corrected chi connectivity index (χ3v) is 8.95. The van der Waals surface area contributed by atoms with Crippen LogP contribution in [0.5, 0.6) is 0 Å². The van der Waals surface area contributed by atoms with Crippen LogP contribution in [0.4, 0.5) is 0 Å². The molecule has 32 heavy (non-hydrogen) atoms. The second kappa shape index (κ2) is 9.02. The molecule has 0 fully saturated rings. The van der Waals surface area contributed by atoms with E-state index in [0.29, 0.717) is 10.8 Å². The summed E-state index contributed by atoms with van der Waals surface area (Å²) in [5.41, 5.74) is -2.34. The van der Waals surface area contributed by atoms with Crippen molar-refractivity contribution in [2.24, 2.45) is 0 Å². The normalized spacial score (nSPS) is 11.5. The fourth-order valence-electron chi connectivity index (χ4n) is 3.51. The topological polar surface area (TPSA) is 51.2 Å². The number of hydrogen-bond donors (Lipinski definition) is 0. The quantitative estimate of drug-likeness (QED) is 0.249. The van der Waals surface area contributed by atoms with E-state index in [2.05, 4.69) is 0 Å². The monoisotopic (exact) mass is 520 g/mol. The van der Waals surface area contributed by atoms with Gasteiger partial charge in [-0.1, -0.05) is 94.9 Å². The average Bonchev–Trinajstić information content (AvgIpc) is 2.77. The molecule has 0 aliphatic heterocycles. The Balaban J connectivity index is 2.09. The van der Waals surface area contributed by atoms with Gasteiger partial charge < -0.3 is 4.57 Å². The summed E-state index contributed by atoms with van der Waals surface area (Å²) in [7, 11) is -4.57. The molecule has 4 aromatic rings. The Kier molecular flexibility index (Phi) is 6.49. The van der Waals surface area contributed by atoms with Crippen LogP contribution >= 0.6 is 53.5 Å². The standard InChI is InChI=1S/C24H13Cl4O3P/c25-16-9-4-10-17(26)21(16)23(29)32(31,24(30)22-18(27)11-5-12-19(22)28)20-13-3-7-14-6-1-2-8-15(14)20/h1-13H. The van der Waals surface area contributed by atoms with Gasteiger partial charge in [0.05, 0.1) is 31.2 Å². The van der Waals surface area contributed by atoms with Crippen molar-refractivity contribution in [2.45, 2.75) is 0 Å². The number of hydrogen-bond acceptors (Lipinski definition) is 3. The maximum absolute atomic E-state index is 14.7. The van der Waals surface area contributed by atoms with E-state index in [-0.39, 0.29) is 36.5 Å². The lowest BCUT2D eigenvalue weighted by Gasteiger charge is -2.20. The van der Waals surface area contributed by atoms with Crippen molar-refractivity contribution in [1.82, 2.24) is 0 Å². The summed E-state index contributed by atoms with van der Waals surface area (Å²) in [5.74, 6) is 0. The average molecular weight is 522 g/mol. The van der Waals surface area contributed by atoms with Gasteiger partial charge in [-0.3, -0.25) is 9.59 Å². The first-order valence-corrected chi connectivity index (χ1v) is 12.5. The van der Waals surface area contributed by atoms with Crippen LogP contribution in [-0.4, -0.2) is 11.0 Å². The van der Waals surface area contributed by atoms with Crippen molar-refractivity contribution < 1.29 is 14.2 Å². The van der Waals surface area contributed by atoms with Crippen LogP contribution < -0.4 is 5.30 Å². The Labute approximate surface area is 204 Å². The third-order valence-electron chi connectivity index (χ3n) is 5.03. The highest BCUT2D eigenvalue weighted by Gasteiger charge is 2.46. The minimum atomic E-state index is -4.57. The van der Waals surface area contributed by atoms with E-state index >= 15 is 0 Å². The molecular weight excluding hydrogens is 509 g/mol. The molecular formula is C24H13Cl4O3P. The van der Waals surface area contributed by atoms with Gasteiger partial charge in [-0.05, 0) is 41.1 Å². The van der Waals surface area contributed by atoms with E-state index in [1.54, 1.807) is 48.5 Å². The summed E-state index contributed by atoms with van der Waals surface area (Å²) < 4.78 is 14.7. The third kappa shape index (κ3) is 3.79. The van der Waals surface area contributed by atoms with Crippen LogP contribution in [-0.2, 0) is 4.57 Å². The molecule has 4 aromatic carbocycles. The molecule has 160 valence electrons. The number of carbonyl (C=O) groups is 2. The number of halogens is 4. The van der Waals surface area contributed by atoms with Gasteiger partial charge in [-0.2, -0.15) is 0 Å². The van der Waals surface area contributed by atoms with Crippen LogP contribution in [0, 0.1) is 0 Å². The first-order chi connectivity index (χ1) is 15.3. The van der Waals surface area contributed by atoms with Crippen molar-refractivity contribution in [1.29, 1.82) is 0 Å². The van der Waals surface area contributed by atoms with Gasteiger partial charge >= 0.3 is 0 Å². The van der Waals surface area contributed by atoms with Crippen molar-refractivity contribution in [2.75, 3.05) is 0 Å².